The average Bonchev–Trinajstić information content (AvgIpc) is 2.98. The summed E-state index contributed by atoms with van der Waals surface area (Å²) in [6, 6.07) is 5.74. The lowest BCUT2D eigenvalue weighted by Gasteiger charge is -2.23. The van der Waals surface area contributed by atoms with Gasteiger partial charge in [-0.25, -0.2) is 0 Å². The first-order valence-corrected chi connectivity index (χ1v) is 7.21. The fourth-order valence-corrected chi connectivity index (χ4v) is 3.86. The van der Waals surface area contributed by atoms with Gasteiger partial charge in [-0.15, -0.1) is 0 Å². The third-order valence-corrected chi connectivity index (χ3v) is 4.84. The van der Waals surface area contributed by atoms with Gasteiger partial charge in [0, 0.05) is 11.6 Å². The molecule has 0 radical (unpaired) electrons. The molecule has 2 fully saturated rings. The summed E-state index contributed by atoms with van der Waals surface area (Å²) in [6.45, 7) is 1.05. The quantitative estimate of drug-likeness (QED) is 0.881. The van der Waals surface area contributed by atoms with Gasteiger partial charge in [-0.3, -0.25) is 0 Å². The van der Waals surface area contributed by atoms with E-state index in [9.17, 15) is 0 Å². The van der Waals surface area contributed by atoms with Gasteiger partial charge in [-0.1, -0.05) is 18.0 Å². The molecule has 0 amide bonds. The summed E-state index contributed by atoms with van der Waals surface area (Å²) in [5.41, 5.74) is 1.02. The van der Waals surface area contributed by atoms with Crippen LogP contribution in [-0.4, -0.2) is 13.7 Å². The van der Waals surface area contributed by atoms with Gasteiger partial charge in [0.15, 0.2) is 0 Å². The molecule has 0 spiro atoms. The maximum Gasteiger partial charge on any atom is 0.142 e. The van der Waals surface area contributed by atoms with Gasteiger partial charge in [-0.2, -0.15) is 0 Å². The van der Waals surface area contributed by atoms with Gasteiger partial charge >= 0.3 is 0 Å². The molecule has 3 heteroatoms. The molecule has 0 aliphatic heterocycles. The Morgan fingerprint density at radius 2 is 2.22 bits per heavy atom. The van der Waals surface area contributed by atoms with Crippen molar-refractivity contribution < 1.29 is 4.74 Å². The minimum atomic E-state index is 0.756. The predicted molar refractivity (Wildman–Crippen MR) is 75.4 cm³/mol. The van der Waals surface area contributed by atoms with Crippen molar-refractivity contribution in [2.24, 2.45) is 17.8 Å². The first kappa shape index (κ1) is 12.2. The summed E-state index contributed by atoms with van der Waals surface area (Å²) in [5, 5.41) is 4.28. The number of fused-ring (bicyclic) bond motifs is 2. The van der Waals surface area contributed by atoms with Crippen molar-refractivity contribution in [3.8, 4) is 5.75 Å². The lowest BCUT2D eigenvalue weighted by atomic mass is 9.89. The van der Waals surface area contributed by atoms with Gasteiger partial charge in [0.2, 0.25) is 0 Å². The van der Waals surface area contributed by atoms with Gasteiger partial charge in [0.25, 0.3) is 0 Å². The van der Waals surface area contributed by atoms with E-state index in [2.05, 4.69) is 5.32 Å². The molecule has 2 bridgehead atoms. The summed E-state index contributed by atoms with van der Waals surface area (Å²) in [4.78, 5) is 0. The van der Waals surface area contributed by atoms with E-state index in [1.807, 2.05) is 18.2 Å². The van der Waals surface area contributed by atoms with E-state index < -0.39 is 0 Å². The van der Waals surface area contributed by atoms with Crippen LogP contribution in [0.5, 0.6) is 5.75 Å². The van der Waals surface area contributed by atoms with Crippen molar-refractivity contribution in [3.05, 3.63) is 23.2 Å². The van der Waals surface area contributed by atoms with E-state index in [4.69, 9.17) is 16.3 Å². The fourth-order valence-electron chi connectivity index (χ4n) is 3.69. The lowest BCUT2D eigenvalue weighted by Crippen LogP contribution is -2.20. The van der Waals surface area contributed by atoms with Gasteiger partial charge in [-0.05, 0) is 55.2 Å². The molecule has 0 aromatic heterocycles. The number of hydrogen-bond donors (Lipinski definition) is 1. The smallest absolute Gasteiger partial charge is 0.142 e. The average molecular weight is 266 g/mol. The molecule has 18 heavy (non-hydrogen) atoms. The highest BCUT2D eigenvalue weighted by Gasteiger charge is 2.39. The maximum absolute atomic E-state index is 6.04. The standard InChI is InChI=1S/C15H20ClNO/c1-18-15-5-4-13(16)8-14(15)17-9-12-7-10-2-3-11(12)6-10/h4-5,8,10-12,17H,2-3,6-7,9H2,1H3. The normalized spacial score (nSPS) is 29.6. The number of nitrogens with one attached hydrogen (secondary N) is 1. The molecule has 0 heterocycles. The Morgan fingerprint density at radius 1 is 1.33 bits per heavy atom. The monoisotopic (exact) mass is 265 g/mol. The second-order valence-corrected chi connectivity index (χ2v) is 6.10. The Bertz CT molecular complexity index is 435. The van der Waals surface area contributed by atoms with Crippen LogP contribution in [0.15, 0.2) is 18.2 Å². The first-order valence-electron chi connectivity index (χ1n) is 6.83. The highest BCUT2D eigenvalue weighted by atomic mass is 35.5. The summed E-state index contributed by atoms with van der Waals surface area (Å²) < 4.78 is 5.36. The molecule has 1 N–H and O–H groups in total. The molecule has 2 saturated carbocycles. The second-order valence-electron chi connectivity index (χ2n) is 5.66. The Hall–Kier alpha value is -0.890. The van der Waals surface area contributed by atoms with Crippen LogP contribution in [-0.2, 0) is 0 Å². The lowest BCUT2D eigenvalue weighted by molar-refractivity contribution is 0.347. The van der Waals surface area contributed by atoms with Crippen LogP contribution in [0.1, 0.15) is 25.7 Å². The third kappa shape index (κ3) is 2.31. The van der Waals surface area contributed by atoms with Crippen LogP contribution in [0, 0.1) is 17.8 Å². The zero-order valence-corrected chi connectivity index (χ0v) is 11.5. The number of hydrogen-bond acceptors (Lipinski definition) is 2. The molecule has 3 atom stereocenters. The number of rotatable bonds is 4. The molecule has 1 aromatic carbocycles. The second kappa shape index (κ2) is 5.00. The van der Waals surface area contributed by atoms with Crippen LogP contribution in [0.2, 0.25) is 5.02 Å². The zero-order valence-electron chi connectivity index (χ0n) is 10.8. The predicted octanol–water partition coefficient (Wildman–Crippen LogP) is 4.20. The Morgan fingerprint density at radius 3 is 2.89 bits per heavy atom. The molecule has 1 aromatic rings. The largest absolute Gasteiger partial charge is 0.495 e. The number of anilines is 1. The molecule has 0 saturated heterocycles. The van der Waals surface area contributed by atoms with E-state index in [0.29, 0.717) is 0 Å². The summed E-state index contributed by atoms with van der Waals surface area (Å²) in [7, 11) is 1.70. The molecular weight excluding hydrogens is 246 g/mol. The summed E-state index contributed by atoms with van der Waals surface area (Å²) >= 11 is 6.04. The molecule has 3 unspecified atom stereocenters. The SMILES string of the molecule is COc1ccc(Cl)cc1NCC1CC2CCC1C2. The van der Waals surface area contributed by atoms with Gasteiger partial charge in [0.05, 0.1) is 12.8 Å². The highest BCUT2D eigenvalue weighted by Crippen LogP contribution is 2.48. The van der Waals surface area contributed by atoms with Crippen molar-refractivity contribution in [1.29, 1.82) is 0 Å². The van der Waals surface area contributed by atoms with Gasteiger partial charge in [0.1, 0.15) is 5.75 Å². The van der Waals surface area contributed by atoms with Gasteiger partial charge < -0.3 is 10.1 Å². The van der Waals surface area contributed by atoms with Crippen LogP contribution in [0.4, 0.5) is 5.69 Å². The van der Waals surface area contributed by atoms with E-state index in [1.165, 1.54) is 25.7 Å². The van der Waals surface area contributed by atoms with Crippen molar-refractivity contribution in [1.82, 2.24) is 0 Å². The first-order chi connectivity index (χ1) is 8.76. The van der Waals surface area contributed by atoms with Crippen LogP contribution in [0.25, 0.3) is 0 Å². The maximum atomic E-state index is 6.04. The Balaban J connectivity index is 1.64. The van der Waals surface area contributed by atoms with Crippen molar-refractivity contribution in [2.75, 3.05) is 19.0 Å². The van der Waals surface area contributed by atoms with E-state index in [0.717, 1.165) is 40.8 Å². The molecule has 98 valence electrons. The summed E-state index contributed by atoms with van der Waals surface area (Å²) in [6.07, 6.45) is 5.75. The minimum absolute atomic E-state index is 0.756. The Labute approximate surface area is 114 Å². The summed E-state index contributed by atoms with van der Waals surface area (Å²) in [5.74, 6) is 3.67. The molecule has 3 rings (SSSR count). The number of ether oxygens (including phenoxy) is 1. The van der Waals surface area contributed by atoms with Crippen LogP contribution < -0.4 is 10.1 Å². The number of methoxy groups -OCH3 is 1. The van der Waals surface area contributed by atoms with Crippen molar-refractivity contribution in [2.45, 2.75) is 25.7 Å². The molecule has 2 nitrogen and oxygen atoms in total. The van der Waals surface area contributed by atoms with Crippen LogP contribution in [0.3, 0.4) is 0 Å². The molecule has 2 aliphatic carbocycles. The Kier molecular flexibility index (Phi) is 3.38. The number of halogens is 1. The molecule has 2 aliphatic rings. The number of benzene rings is 1. The van der Waals surface area contributed by atoms with Crippen molar-refractivity contribution in [3.63, 3.8) is 0 Å². The van der Waals surface area contributed by atoms with E-state index >= 15 is 0 Å². The molecular formula is C15H20ClNO. The van der Waals surface area contributed by atoms with E-state index in [1.54, 1.807) is 7.11 Å². The third-order valence-electron chi connectivity index (χ3n) is 4.60. The van der Waals surface area contributed by atoms with Crippen molar-refractivity contribution >= 4 is 17.3 Å². The minimum Gasteiger partial charge on any atom is -0.495 e. The fraction of sp³-hybridized carbons (Fsp3) is 0.600. The topological polar surface area (TPSA) is 21.3 Å². The highest BCUT2D eigenvalue weighted by molar-refractivity contribution is 6.30. The van der Waals surface area contributed by atoms with Crippen LogP contribution >= 0.6 is 11.6 Å². The zero-order chi connectivity index (χ0) is 12.5. The van der Waals surface area contributed by atoms with E-state index in [-0.39, 0.29) is 0 Å².